The maximum absolute atomic E-state index is 11.2. The lowest BCUT2D eigenvalue weighted by Gasteiger charge is -2.17. The van der Waals surface area contributed by atoms with Gasteiger partial charge >= 0.3 is 5.69 Å². The van der Waals surface area contributed by atoms with Crippen LogP contribution >= 0.6 is 11.3 Å². The summed E-state index contributed by atoms with van der Waals surface area (Å²) in [5.41, 5.74) is -0.0322. The first-order valence-electron chi connectivity index (χ1n) is 6.93. The monoisotopic (exact) mass is 320 g/mol. The number of hydrogen-bond acceptors (Lipinski definition) is 7. The lowest BCUT2D eigenvalue weighted by atomic mass is 10.3. The first kappa shape index (κ1) is 14.7. The second kappa shape index (κ2) is 5.88. The SMILES string of the molecule is COc1ccc([N+](=O)[O-])c(N(C)Cc2cnc(C3CC3)s2)n1. The molecule has 116 valence electrons. The van der Waals surface area contributed by atoms with Gasteiger partial charge < -0.3 is 9.64 Å². The summed E-state index contributed by atoms with van der Waals surface area (Å²) < 4.78 is 5.06. The Labute approximate surface area is 131 Å². The molecule has 0 saturated heterocycles. The number of pyridine rings is 1. The second-order valence-corrected chi connectivity index (χ2v) is 6.40. The highest BCUT2D eigenvalue weighted by Gasteiger charge is 2.27. The predicted molar refractivity (Wildman–Crippen MR) is 83.6 cm³/mol. The Morgan fingerprint density at radius 3 is 2.91 bits per heavy atom. The van der Waals surface area contributed by atoms with Crippen LogP contribution in [0.2, 0.25) is 0 Å². The topological polar surface area (TPSA) is 81.4 Å². The minimum absolute atomic E-state index is 0.0322. The zero-order valence-corrected chi connectivity index (χ0v) is 13.2. The molecule has 3 rings (SSSR count). The lowest BCUT2D eigenvalue weighted by molar-refractivity contribution is -0.384. The summed E-state index contributed by atoms with van der Waals surface area (Å²) in [6, 6.07) is 2.91. The summed E-state index contributed by atoms with van der Waals surface area (Å²) in [6.45, 7) is 0.533. The molecule has 0 aromatic carbocycles. The quantitative estimate of drug-likeness (QED) is 0.601. The number of nitro groups is 1. The van der Waals surface area contributed by atoms with Gasteiger partial charge in [0.1, 0.15) is 0 Å². The van der Waals surface area contributed by atoms with Gasteiger partial charge in [-0.25, -0.2) is 4.98 Å². The Morgan fingerprint density at radius 1 is 1.50 bits per heavy atom. The van der Waals surface area contributed by atoms with E-state index >= 15 is 0 Å². The minimum atomic E-state index is -0.430. The van der Waals surface area contributed by atoms with E-state index in [-0.39, 0.29) is 5.69 Å². The van der Waals surface area contributed by atoms with Crippen LogP contribution in [0.15, 0.2) is 18.3 Å². The fourth-order valence-corrected chi connectivity index (χ4v) is 3.32. The molecule has 0 amide bonds. The van der Waals surface area contributed by atoms with Crippen LogP contribution < -0.4 is 9.64 Å². The number of ether oxygens (including phenoxy) is 1. The van der Waals surface area contributed by atoms with Crippen molar-refractivity contribution in [3.8, 4) is 5.88 Å². The van der Waals surface area contributed by atoms with E-state index in [2.05, 4.69) is 9.97 Å². The molecule has 1 aliphatic rings. The van der Waals surface area contributed by atoms with Gasteiger partial charge in [-0.3, -0.25) is 10.1 Å². The molecule has 7 nitrogen and oxygen atoms in total. The molecule has 1 aliphatic carbocycles. The smallest absolute Gasteiger partial charge is 0.311 e. The van der Waals surface area contributed by atoms with E-state index in [1.807, 2.05) is 6.20 Å². The van der Waals surface area contributed by atoms with E-state index < -0.39 is 4.92 Å². The van der Waals surface area contributed by atoms with E-state index in [9.17, 15) is 10.1 Å². The third-order valence-electron chi connectivity index (χ3n) is 3.49. The van der Waals surface area contributed by atoms with Gasteiger partial charge in [0.25, 0.3) is 0 Å². The highest BCUT2D eigenvalue weighted by molar-refractivity contribution is 7.11. The van der Waals surface area contributed by atoms with Crippen LogP contribution in [0.1, 0.15) is 28.6 Å². The number of methoxy groups -OCH3 is 1. The molecule has 22 heavy (non-hydrogen) atoms. The number of rotatable bonds is 6. The standard InChI is InChI=1S/C14H16N4O3S/c1-17(8-10-7-15-14(22-10)9-3-4-9)13-11(18(19)20)5-6-12(16-13)21-2/h5-7,9H,3-4,8H2,1-2H3. The zero-order chi connectivity index (χ0) is 15.7. The fourth-order valence-electron chi connectivity index (χ4n) is 2.18. The van der Waals surface area contributed by atoms with Crippen molar-refractivity contribution >= 4 is 22.8 Å². The van der Waals surface area contributed by atoms with Crippen LogP contribution in [-0.4, -0.2) is 29.0 Å². The molecule has 0 atom stereocenters. The molecule has 0 radical (unpaired) electrons. The van der Waals surface area contributed by atoms with Crippen molar-refractivity contribution in [2.45, 2.75) is 25.3 Å². The number of aromatic nitrogens is 2. The summed E-state index contributed by atoms with van der Waals surface area (Å²) in [7, 11) is 3.27. The Bertz CT molecular complexity index is 699. The third kappa shape index (κ3) is 3.01. The fraction of sp³-hybridized carbons (Fsp3) is 0.429. The highest BCUT2D eigenvalue weighted by Crippen LogP contribution is 2.42. The van der Waals surface area contributed by atoms with E-state index in [1.165, 1.54) is 32.1 Å². The Morgan fingerprint density at radius 2 is 2.27 bits per heavy atom. The molecule has 0 bridgehead atoms. The summed E-state index contributed by atoms with van der Waals surface area (Å²) >= 11 is 1.67. The predicted octanol–water partition coefficient (Wildman–Crippen LogP) is 2.97. The number of anilines is 1. The zero-order valence-electron chi connectivity index (χ0n) is 12.4. The molecule has 0 N–H and O–H groups in total. The van der Waals surface area contributed by atoms with Crippen molar-refractivity contribution < 1.29 is 9.66 Å². The van der Waals surface area contributed by atoms with Crippen molar-refractivity contribution in [3.05, 3.63) is 38.3 Å². The average molecular weight is 320 g/mol. The van der Waals surface area contributed by atoms with Gasteiger partial charge in [0, 0.05) is 36.2 Å². The normalized spacial score (nSPS) is 13.9. The van der Waals surface area contributed by atoms with E-state index in [0.29, 0.717) is 24.2 Å². The molecule has 1 fully saturated rings. The van der Waals surface area contributed by atoms with Gasteiger partial charge in [0.15, 0.2) is 0 Å². The summed E-state index contributed by atoms with van der Waals surface area (Å²) in [6.07, 6.45) is 4.28. The van der Waals surface area contributed by atoms with Gasteiger partial charge in [-0.2, -0.15) is 4.98 Å². The van der Waals surface area contributed by atoms with Crippen LogP contribution in [-0.2, 0) is 6.54 Å². The minimum Gasteiger partial charge on any atom is -0.481 e. The maximum Gasteiger partial charge on any atom is 0.311 e. The van der Waals surface area contributed by atoms with Gasteiger partial charge in [0.05, 0.1) is 23.6 Å². The molecule has 2 heterocycles. The van der Waals surface area contributed by atoms with Crippen LogP contribution in [0, 0.1) is 10.1 Å². The largest absolute Gasteiger partial charge is 0.481 e. The molecule has 0 aliphatic heterocycles. The van der Waals surface area contributed by atoms with Crippen LogP contribution in [0.5, 0.6) is 5.88 Å². The van der Waals surface area contributed by atoms with Gasteiger partial charge in [-0.15, -0.1) is 11.3 Å². The first-order valence-corrected chi connectivity index (χ1v) is 7.75. The molecule has 2 aromatic heterocycles. The summed E-state index contributed by atoms with van der Waals surface area (Å²) in [5.74, 6) is 1.27. The molecule has 8 heteroatoms. The van der Waals surface area contributed by atoms with Gasteiger partial charge in [-0.1, -0.05) is 0 Å². The van der Waals surface area contributed by atoms with Crippen LogP contribution in [0.3, 0.4) is 0 Å². The van der Waals surface area contributed by atoms with Crippen molar-refractivity contribution in [2.24, 2.45) is 0 Å². The summed E-state index contributed by atoms with van der Waals surface area (Å²) in [5, 5.41) is 12.3. The van der Waals surface area contributed by atoms with Gasteiger partial charge in [0.2, 0.25) is 11.7 Å². The van der Waals surface area contributed by atoms with E-state index in [4.69, 9.17) is 4.74 Å². The Balaban J connectivity index is 1.82. The number of hydrogen-bond donors (Lipinski definition) is 0. The molecule has 0 spiro atoms. The number of nitrogens with zero attached hydrogens (tertiary/aromatic N) is 4. The first-order chi connectivity index (χ1) is 10.6. The Kier molecular flexibility index (Phi) is 3.93. The molecular formula is C14H16N4O3S. The highest BCUT2D eigenvalue weighted by atomic mass is 32.1. The van der Waals surface area contributed by atoms with E-state index in [1.54, 1.807) is 23.3 Å². The van der Waals surface area contributed by atoms with Crippen molar-refractivity contribution in [3.63, 3.8) is 0 Å². The lowest BCUT2D eigenvalue weighted by Crippen LogP contribution is -2.18. The van der Waals surface area contributed by atoms with Gasteiger partial charge in [-0.05, 0) is 12.8 Å². The Hall–Kier alpha value is -2.22. The third-order valence-corrected chi connectivity index (χ3v) is 4.63. The van der Waals surface area contributed by atoms with Crippen LogP contribution in [0.25, 0.3) is 0 Å². The number of thiazole rings is 1. The van der Waals surface area contributed by atoms with E-state index in [0.717, 1.165) is 9.88 Å². The molecule has 2 aromatic rings. The molecular weight excluding hydrogens is 304 g/mol. The van der Waals surface area contributed by atoms with Crippen LogP contribution in [0.4, 0.5) is 11.5 Å². The van der Waals surface area contributed by atoms with Crippen molar-refractivity contribution in [2.75, 3.05) is 19.1 Å². The second-order valence-electron chi connectivity index (χ2n) is 5.25. The summed E-state index contributed by atoms with van der Waals surface area (Å²) in [4.78, 5) is 22.2. The average Bonchev–Trinajstić information content (AvgIpc) is 3.26. The maximum atomic E-state index is 11.2. The molecule has 0 unspecified atom stereocenters. The van der Waals surface area contributed by atoms with Crippen molar-refractivity contribution in [1.82, 2.24) is 9.97 Å². The molecule has 1 saturated carbocycles. The van der Waals surface area contributed by atoms with Crippen molar-refractivity contribution in [1.29, 1.82) is 0 Å².